The lowest BCUT2D eigenvalue weighted by molar-refractivity contribution is -0.132. The normalized spacial score (nSPS) is 16.4. The summed E-state index contributed by atoms with van der Waals surface area (Å²) in [4.78, 5) is 50.3. The van der Waals surface area contributed by atoms with Crippen LogP contribution in [0.25, 0.3) is 11.4 Å². The van der Waals surface area contributed by atoms with E-state index in [1.807, 2.05) is 13.0 Å². The number of anilines is 1. The van der Waals surface area contributed by atoms with Crippen LogP contribution in [-0.2, 0) is 14.3 Å². The molecule has 4 aromatic rings. The predicted molar refractivity (Wildman–Crippen MR) is 154 cm³/mol. The molecule has 0 bridgehead atoms. The van der Waals surface area contributed by atoms with E-state index < -0.39 is 23.7 Å². The van der Waals surface area contributed by atoms with Crippen LogP contribution in [0.2, 0.25) is 0 Å². The molecule has 1 aliphatic heterocycles. The van der Waals surface area contributed by atoms with Crippen LogP contribution in [-0.4, -0.2) is 50.3 Å². The number of fused-ring (bicyclic) bond motifs is 1. The average Bonchev–Trinajstić information content (AvgIpc) is 3.60. The number of esters is 1. The molecule has 4 heterocycles. The van der Waals surface area contributed by atoms with Crippen molar-refractivity contribution in [2.45, 2.75) is 33.2 Å². The van der Waals surface area contributed by atoms with E-state index in [1.54, 1.807) is 60.8 Å². The quantitative estimate of drug-likeness (QED) is 0.0959. The molecular formula is C30H28N4O6S. The number of Topliss-reactive ketones (excluding diaryl/α,β-unsaturated/α-hetero) is 1. The largest absolute Gasteiger partial charge is 0.505 e. The summed E-state index contributed by atoms with van der Waals surface area (Å²) in [6.07, 6.45) is 4.01. The van der Waals surface area contributed by atoms with Crippen LogP contribution in [0, 0.1) is 13.8 Å². The van der Waals surface area contributed by atoms with Gasteiger partial charge in [-0.15, -0.1) is 0 Å². The highest BCUT2D eigenvalue weighted by Crippen LogP contribution is 2.44. The average molecular weight is 573 g/mol. The molecule has 1 atom stereocenters. The van der Waals surface area contributed by atoms with E-state index in [1.165, 1.54) is 11.0 Å². The van der Waals surface area contributed by atoms with Gasteiger partial charge in [0.05, 0.1) is 29.6 Å². The van der Waals surface area contributed by atoms with Gasteiger partial charge in [-0.2, -0.15) is 0 Å². The van der Waals surface area contributed by atoms with Gasteiger partial charge in [0.25, 0.3) is 5.78 Å². The molecule has 1 amide bonds. The Hall–Kier alpha value is -4.77. The molecule has 1 saturated heterocycles. The number of thiazole rings is 1. The molecule has 11 heteroatoms. The number of aliphatic hydroxyl groups is 1. The van der Waals surface area contributed by atoms with Crippen LogP contribution >= 0.6 is 11.3 Å². The lowest BCUT2D eigenvalue weighted by atomic mass is 9.96. The van der Waals surface area contributed by atoms with Gasteiger partial charge in [0.15, 0.2) is 10.9 Å². The van der Waals surface area contributed by atoms with Gasteiger partial charge >= 0.3 is 11.9 Å². The summed E-state index contributed by atoms with van der Waals surface area (Å²) in [5, 5.41) is 11.8. The van der Waals surface area contributed by atoms with E-state index in [2.05, 4.69) is 16.5 Å². The van der Waals surface area contributed by atoms with Gasteiger partial charge in [-0.05, 0) is 50.1 Å². The summed E-state index contributed by atoms with van der Waals surface area (Å²) >= 11 is 0.937. The number of aryl methyl sites for hydroxylation is 2. The Labute approximate surface area is 240 Å². The van der Waals surface area contributed by atoms with Crippen molar-refractivity contribution in [2.24, 2.45) is 0 Å². The molecule has 1 fully saturated rings. The minimum Gasteiger partial charge on any atom is -0.505 e. The summed E-state index contributed by atoms with van der Waals surface area (Å²) in [5.74, 6) is -2.11. The molecule has 210 valence electrons. The van der Waals surface area contributed by atoms with Crippen molar-refractivity contribution in [3.05, 3.63) is 94.4 Å². The highest BCUT2D eigenvalue weighted by Gasteiger charge is 2.49. The Balaban J connectivity index is 1.68. The Morgan fingerprint density at radius 2 is 1.88 bits per heavy atom. The van der Waals surface area contributed by atoms with Crippen LogP contribution in [0.4, 0.5) is 5.13 Å². The van der Waals surface area contributed by atoms with Crippen LogP contribution < -0.4 is 9.64 Å². The molecule has 1 N–H and O–H groups in total. The fourth-order valence-electron chi connectivity index (χ4n) is 4.71. The number of hydrogen-bond acceptors (Lipinski definition) is 9. The third kappa shape index (κ3) is 5.00. The Bertz CT molecular complexity index is 1700. The number of amides is 1. The number of carbonyl (C=O) groups is 3. The smallest absolute Gasteiger partial charge is 0.350 e. The first-order valence-electron chi connectivity index (χ1n) is 13.0. The lowest BCUT2D eigenvalue weighted by Gasteiger charge is -2.23. The molecule has 0 saturated carbocycles. The molecule has 41 heavy (non-hydrogen) atoms. The second-order valence-electron chi connectivity index (χ2n) is 9.36. The molecule has 1 aliphatic rings. The standard InChI is InChI=1S/C30H28N4O6S/c1-5-15-39-20-12-10-19(11-13-20)24-22(25(35)23-17(3)31-21-9-7-8-14-33(21)23)26(36)28(37)34(24)30-32-18(4)27(41-30)29(38)40-16-6-2/h6-14,24,35H,2,5,15-16H2,1,3-4H3. The van der Waals surface area contributed by atoms with Gasteiger partial charge in [0, 0.05) is 6.20 Å². The Kier molecular flexibility index (Phi) is 7.71. The van der Waals surface area contributed by atoms with E-state index in [9.17, 15) is 19.5 Å². The molecule has 1 aromatic carbocycles. The first kappa shape index (κ1) is 27.8. The van der Waals surface area contributed by atoms with E-state index in [4.69, 9.17) is 9.47 Å². The van der Waals surface area contributed by atoms with Gasteiger partial charge in [-0.3, -0.25) is 18.9 Å². The van der Waals surface area contributed by atoms with Crippen molar-refractivity contribution in [3.63, 3.8) is 0 Å². The number of carbonyl (C=O) groups excluding carboxylic acids is 3. The number of ketones is 1. The van der Waals surface area contributed by atoms with E-state index in [0.29, 0.717) is 40.6 Å². The SMILES string of the molecule is C=CCOC(=O)c1sc(N2C(=O)C(=O)C(=C(O)c3c(C)nc4ccccn34)C2c2ccc(OCCC)cc2)nc1C. The number of aliphatic hydroxyl groups excluding tert-OH is 1. The van der Waals surface area contributed by atoms with Crippen LogP contribution in [0.15, 0.2) is 66.9 Å². The molecule has 0 spiro atoms. The van der Waals surface area contributed by atoms with Crippen LogP contribution in [0.5, 0.6) is 5.75 Å². The van der Waals surface area contributed by atoms with Crippen molar-refractivity contribution in [2.75, 3.05) is 18.1 Å². The lowest BCUT2D eigenvalue weighted by Crippen LogP contribution is -2.29. The Morgan fingerprint density at radius 1 is 1.12 bits per heavy atom. The predicted octanol–water partition coefficient (Wildman–Crippen LogP) is 5.17. The Morgan fingerprint density at radius 3 is 2.59 bits per heavy atom. The zero-order valence-electron chi connectivity index (χ0n) is 22.8. The maximum absolute atomic E-state index is 13.6. The van der Waals surface area contributed by atoms with E-state index in [0.717, 1.165) is 17.8 Å². The van der Waals surface area contributed by atoms with Crippen molar-refractivity contribution in [1.29, 1.82) is 0 Å². The molecule has 10 nitrogen and oxygen atoms in total. The first-order chi connectivity index (χ1) is 19.8. The van der Waals surface area contributed by atoms with Crippen molar-refractivity contribution < 1.29 is 29.0 Å². The first-order valence-corrected chi connectivity index (χ1v) is 13.8. The number of nitrogens with zero attached hydrogens (tertiary/aromatic N) is 4. The third-order valence-corrected chi connectivity index (χ3v) is 7.69. The molecule has 1 unspecified atom stereocenters. The fraction of sp³-hybridized carbons (Fsp3) is 0.233. The van der Waals surface area contributed by atoms with Crippen molar-refractivity contribution in [3.8, 4) is 5.75 Å². The monoisotopic (exact) mass is 572 g/mol. The van der Waals surface area contributed by atoms with Gasteiger partial charge in [-0.25, -0.2) is 14.8 Å². The maximum Gasteiger partial charge on any atom is 0.350 e. The van der Waals surface area contributed by atoms with Crippen LogP contribution in [0.3, 0.4) is 0 Å². The molecular weight excluding hydrogens is 544 g/mol. The molecule has 0 radical (unpaired) electrons. The second-order valence-corrected chi connectivity index (χ2v) is 10.3. The number of pyridine rings is 1. The van der Waals surface area contributed by atoms with Gasteiger partial charge in [0.2, 0.25) is 0 Å². The number of imidazole rings is 1. The number of ether oxygens (including phenoxy) is 2. The minimum atomic E-state index is -1.04. The third-order valence-electron chi connectivity index (χ3n) is 6.55. The van der Waals surface area contributed by atoms with E-state index in [-0.39, 0.29) is 27.9 Å². The van der Waals surface area contributed by atoms with Gasteiger partial charge in [-0.1, -0.05) is 49.1 Å². The summed E-state index contributed by atoms with van der Waals surface area (Å²) in [7, 11) is 0. The summed E-state index contributed by atoms with van der Waals surface area (Å²) in [5.41, 5.74) is 2.14. The molecule has 3 aromatic heterocycles. The maximum atomic E-state index is 13.6. The fourth-order valence-corrected chi connectivity index (χ4v) is 5.70. The highest BCUT2D eigenvalue weighted by molar-refractivity contribution is 7.17. The number of hydrogen-bond donors (Lipinski definition) is 1. The highest BCUT2D eigenvalue weighted by atomic mass is 32.1. The van der Waals surface area contributed by atoms with Gasteiger partial charge in [0.1, 0.15) is 28.6 Å². The van der Waals surface area contributed by atoms with Crippen molar-refractivity contribution in [1.82, 2.24) is 14.4 Å². The second kappa shape index (κ2) is 11.4. The molecule has 5 rings (SSSR count). The van der Waals surface area contributed by atoms with E-state index >= 15 is 0 Å². The number of aromatic nitrogens is 3. The summed E-state index contributed by atoms with van der Waals surface area (Å²) in [6.45, 7) is 9.44. The van der Waals surface area contributed by atoms with Crippen LogP contribution in [0.1, 0.15) is 51.7 Å². The van der Waals surface area contributed by atoms with Gasteiger partial charge < -0.3 is 14.6 Å². The number of rotatable bonds is 9. The summed E-state index contributed by atoms with van der Waals surface area (Å²) < 4.78 is 12.5. The number of benzene rings is 1. The minimum absolute atomic E-state index is 0.0150. The zero-order valence-corrected chi connectivity index (χ0v) is 23.6. The zero-order chi connectivity index (χ0) is 29.3. The molecule has 0 aliphatic carbocycles. The van der Waals surface area contributed by atoms with Crippen molar-refractivity contribution >= 4 is 45.5 Å². The topological polar surface area (TPSA) is 123 Å². The summed E-state index contributed by atoms with van der Waals surface area (Å²) in [6, 6.07) is 11.3.